The minimum Gasteiger partial charge on any atom is -0.354 e. The van der Waals surface area contributed by atoms with E-state index in [1.165, 1.54) is 24.3 Å². The Hall–Kier alpha value is -2.92. The Bertz CT molecular complexity index is 716. The molecule has 1 aromatic heterocycles. The van der Waals surface area contributed by atoms with Crippen molar-refractivity contribution in [3.63, 3.8) is 0 Å². The SMILES string of the molecule is C#CCNc1nc(NCCC)nc(N(Cc2ccc(F)cc2)OC)n1. The fourth-order valence-electron chi connectivity index (χ4n) is 1.97. The first-order chi connectivity index (χ1) is 12.2. The van der Waals surface area contributed by atoms with Crippen LogP contribution < -0.4 is 15.7 Å². The summed E-state index contributed by atoms with van der Waals surface area (Å²) in [5.74, 6) is 3.28. The summed E-state index contributed by atoms with van der Waals surface area (Å²) in [6.45, 7) is 3.41. The lowest BCUT2D eigenvalue weighted by molar-refractivity contribution is 0.158. The maximum absolute atomic E-state index is 13.1. The number of hydrogen-bond donors (Lipinski definition) is 2. The molecule has 2 aromatic rings. The quantitative estimate of drug-likeness (QED) is 0.534. The number of nitrogens with one attached hydrogen (secondary N) is 2. The van der Waals surface area contributed by atoms with Crippen LogP contribution in [-0.2, 0) is 11.4 Å². The molecule has 7 nitrogen and oxygen atoms in total. The molecule has 0 saturated heterocycles. The summed E-state index contributed by atoms with van der Waals surface area (Å²) in [4.78, 5) is 18.3. The Labute approximate surface area is 146 Å². The van der Waals surface area contributed by atoms with Gasteiger partial charge in [0.05, 0.1) is 20.2 Å². The molecule has 0 atom stereocenters. The van der Waals surface area contributed by atoms with Gasteiger partial charge in [0.25, 0.3) is 5.95 Å². The Balaban J connectivity index is 2.25. The maximum Gasteiger partial charge on any atom is 0.256 e. The molecule has 0 aliphatic rings. The van der Waals surface area contributed by atoms with Gasteiger partial charge in [-0.1, -0.05) is 25.0 Å². The maximum atomic E-state index is 13.1. The predicted molar refractivity (Wildman–Crippen MR) is 95.5 cm³/mol. The van der Waals surface area contributed by atoms with Crippen LogP contribution in [0.2, 0.25) is 0 Å². The largest absolute Gasteiger partial charge is 0.354 e. The van der Waals surface area contributed by atoms with Crippen molar-refractivity contribution in [3.8, 4) is 12.3 Å². The summed E-state index contributed by atoms with van der Waals surface area (Å²) in [5.41, 5.74) is 0.852. The molecule has 0 aliphatic heterocycles. The van der Waals surface area contributed by atoms with Crippen LogP contribution in [0, 0.1) is 18.2 Å². The molecule has 0 spiro atoms. The van der Waals surface area contributed by atoms with Crippen molar-refractivity contribution < 1.29 is 9.23 Å². The second-order valence-corrected chi connectivity index (χ2v) is 5.11. The van der Waals surface area contributed by atoms with Gasteiger partial charge in [0.1, 0.15) is 5.82 Å². The van der Waals surface area contributed by atoms with E-state index in [1.54, 1.807) is 12.1 Å². The van der Waals surface area contributed by atoms with Crippen LogP contribution in [0.4, 0.5) is 22.2 Å². The fourth-order valence-corrected chi connectivity index (χ4v) is 1.97. The molecular formula is C17H21FN6O. The molecule has 0 bridgehead atoms. The number of halogens is 1. The third kappa shape index (κ3) is 5.58. The highest BCUT2D eigenvalue weighted by Gasteiger charge is 2.14. The molecular weight excluding hydrogens is 323 g/mol. The molecule has 25 heavy (non-hydrogen) atoms. The summed E-state index contributed by atoms with van der Waals surface area (Å²) in [6.07, 6.45) is 6.20. The van der Waals surface area contributed by atoms with E-state index in [2.05, 4.69) is 31.5 Å². The van der Waals surface area contributed by atoms with Gasteiger partial charge in [-0.3, -0.25) is 4.84 Å². The Kier molecular flexibility index (Phi) is 6.92. The first-order valence-corrected chi connectivity index (χ1v) is 7.89. The van der Waals surface area contributed by atoms with Gasteiger partial charge >= 0.3 is 0 Å². The summed E-state index contributed by atoms with van der Waals surface area (Å²) in [7, 11) is 1.51. The Morgan fingerprint density at radius 2 is 1.84 bits per heavy atom. The third-order valence-electron chi connectivity index (χ3n) is 3.19. The van der Waals surface area contributed by atoms with Crippen LogP contribution in [0.5, 0.6) is 0 Å². The molecule has 0 saturated carbocycles. The molecule has 132 valence electrons. The van der Waals surface area contributed by atoms with Crippen molar-refractivity contribution in [2.45, 2.75) is 19.9 Å². The number of benzene rings is 1. The van der Waals surface area contributed by atoms with E-state index in [-0.39, 0.29) is 5.82 Å². The van der Waals surface area contributed by atoms with Crippen molar-refractivity contribution in [1.29, 1.82) is 0 Å². The summed E-state index contributed by atoms with van der Waals surface area (Å²) < 4.78 is 13.1. The highest BCUT2D eigenvalue weighted by Crippen LogP contribution is 2.17. The van der Waals surface area contributed by atoms with Crippen molar-refractivity contribution in [1.82, 2.24) is 15.0 Å². The molecule has 0 aliphatic carbocycles. The second-order valence-electron chi connectivity index (χ2n) is 5.11. The number of anilines is 3. The van der Waals surface area contributed by atoms with Gasteiger partial charge in [-0.05, 0) is 24.1 Å². The number of terminal acetylenes is 1. The van der Waals surface area contributed by atoms with Crippen molar-refractivity contribution in [2.75, 3.05) is 35.9 Å². The minimum absolute atomic E-state index is 0.292. The highest BCUT2D eigenvalue weighted by molar-refractivity contribution is 5.43. The fraction of sp³-hybridized carbons (Fsp3) is 0.353. The minimum atomic E-state index is -0.292. The number of hydroxylamine groups is 1. The standard InChI is InChI=1S/C17H21FN6O/c1-4-10-19-15-21-16(20-11-5-2)23-17(22-15)24(25-3)12-13-6-8-14(18)9-7-13/h1,6-9H,5,10-12H2,2-3H3,(H2,19,20,21,22,23). The van der Waals surface area contributed by atoms with Crippen LogP contribution in [-0.4, -0.2) is 35.2 Å². The van der Waals surface area contributed by atoms with Crippen molar-refractivity contribution in [3.05, 3.63) is 35.6 Å². The molecule has 8 heteroatoms. The molecule has 0 unspecified atom stereocenters. The van der Waals surface area contributed by atoms with Gasteiger partial charge < -0.3 is 10.6 Å². The zero-order valence-electron chi connectivity index (χ0n) is 14.3. The van der Waals surface area contributed by atoms with E-state index < -0.39 is 0 Å². The van der Waals surface area contributed by atoms with E-state index in [9.17, 15) is 4.39 Å². The number of rotatable bonds is 9. The molecule has 0 fully saturated rings. The Morgan fingerprint density at radius 3 is 2.44 bits per heavy atom. The van der Waals surface area contributed by atoms with Gasteiger partial charge in [0, 0.05) is 6.54 Å². The predicted octanol–water partition coefficient (Wildman–Crippen LogP) is 2.45. The number of aromatic nitrogens is 3. The monoisotopic (exact) mass is 344 g/mol. The molecule has 0 radical (unpaired) electrons. The van der Waals surface area contributed by atoms with Crippen LogP contribution in [0.15, 0.2) is 24.3 Å². The van der Waals surface area contributed by atoms with Crippen LogP contribution in [0.1, 0.15) is 18.9 Å². The van der Waals surface area contributed by atoms with Crippen molar-refractivity contribution >= 4 is 17.8 Å². The van der Waals surface area contributed by atoms with E-state index in [4.69, 9.17) is 11.3 Å². The molecule has 1 aromatic carbocycles. The summed E-state index contributed by atoms with van der Waals surface area (Å²) in [6, 6.07) is 6.14. The molecule has 0 amide bonds. The van der Waals surface area contributed by atoms with E-state index in [0.29, 0.717) is 30.9 Å². The van der Waals surface area contributed by atoms with Gasteiger partial charge in [-0.2, -0.15) is 15.0 Å². The average Bonchev–Trinajstić information content (AvgIpc) is 2.64. The third-order valence-corrected chi connectivity index (χ3v) is 3.19. The normalized spacial score (nSPS) is 10.2. The van der Waals surface area contributed by atoms with Crippen LogP contribution in [0.3, 0.4) is 0 Å². The zero-order chi connectivity index (χ0) is 18.1. The zero-order valence-corrected chi connectivity index (χ0v) is 14.3. The summed E-state index contributed by atoms with van der Waals surface area (Å²) in [5, 5.41) is 7.54. The smallest absolute Gasteiger partial charge is 0.256 e. The van der Waals surface area contributed by atoms with Crippen LogP contribution >= 0.6 is 0 Å². The van der Waals surface area contributed by atoms with E-state index >= 15 is 0 Å². The topological polar surface area (TPSA) is 75.2 Å². The van der Waals surface area contributed by atoms with Crippen molar-refractivity contribution in [2.24, 2.45) is 0 Å². The average molecular weight is 344 g/mol. The molecule has 2 N–H and O–H groups in total. The number of nitrogens with zero attached hydrogens (tertiary/aromatic N) is 4. The van der Waals surface area contributed by atoms with Gasteiger partial charge in [0.15, 0.2) is 0 Å². The lowest BCUT2D eigenvalue weighted by atomic mass is 10.2. The van der Waals surface area contributed by atoms with E-state index in [0.717, 1.165) is 18.5 Å². The number of hydrogen-bond acceptors (Lipinski definition) is 7. The van der Waals surface area contributed by atoms with Gasteiger partial charge in [-0.25, -0.2) is 9.45 Å². The van der Waals surface area contributed by atoms with Gasteiger partial charge in [-0.15, -0.1) is 6.42 Å². The highest BCUT2D eigenvalue weighted by atomic mass is 19.1. The van der Waals surface area contributed by atoms with E-state index in [1.807, 2.05) is 6.92 Å². The first-order valence-electron chi connectivity index (χ1n) is 7.89. The molecule has 1 heterocycles. The Morgan fingerprint density at radius 1 is 1.16 bits per heavy atom. The lowest BCUT2D eigenvalue weighted by Crippen LogP contribution is -2.25. The molecule has 2 rings (SSSR count). The van der Waals surface area contributed by atoms with Crippen LogP contribution in [0.25, 0.3) is 0 Å². The summed E-state index contributed by atoms with van der Waals surface area (Å²) >= 11 is 0. The lowest BCUT2D eigenvalue weighted by Gasteiger charge is -2.20. The first kappa shape index (κ1) is 18.4. The second kappa shape index (κ2) is 9.39. The van der Waals surface area contributed by atoms with Gasteiger partial charge in [0.2, 0.25) is 11.9 Å².